The molecule has 1 unspecified atom stereocenters. The average Bonchev–Trinajstić information content (AvgIpc) is 2.46. The summed E-state index contributed by atoms with van der Waals surface area (Å²) in [5, 5.41) is 10.7. The minimum atomic E-state index is -0.870. The molecular weight excluding hydrogens is 251 g/mol. The van der Waals surface area contributed by atoms with E-state index in [1.165, 1.54) is 44.2 Å². The molecule has 0 spiro atoms. The lowest BCUT2D eigenvalue weighted by Gasteiger charge is -2.27. The molecule has 0 amide bonds. The summed E-state index contributed by atoms with van der Waals surface area (Å²) in [6.45, 7) is 4.19. The highest BCUT2D eigenvalue weighted by Gasteiger charge is 2.26. The summed E-state index contributed by atoms with van der Waals surface area (Å²) in [6.07, 6.45) is 9.96. The molecule has 0 radical (unpaired) electrons. The van der Waals surface area contributed by atoms with E-state index in [2.05, 4.69) is 6.92 Å². The van der Waals surface area contributed by atoms with Gasteiger partial charge in [0.25, 0.3) is 0 Å². The number of aliphatic hydroxyl groups is 1. The lowest BCUT2D eigenvalue weighted by Crippen LogP contribution is -2.24. The van der Waals surface area contributed by atoms with Crippen molar-refractivity contribution in [3.8, 4) is 0 Å². The molecule has 1 rings (SSSR count). The maximum atomic E-state index is 13.3. The third-order valence-corrected chi connectivity index (χ3v) is 4.14. The molecule has 0 saturated heterocycles. The monoisotopic (exact) mass is 280 g/mol. The fourth-order valence-electron chi connectivity index (χ4n) is 2.68. The van der Waals surface area contributed by atoms with E-state index in [4.69, 9.17) is 0 Å². The Labute approximate surface area is 123 Å². The zero-order valence-electron chi connectivity index (χ0n) is 13.0. The second-order valence-corrected chi connectivity index (χ2v) is 5.77. The maximum absolute atomic E-state index is 13.3. The predicted octanol–water partition coefficient (Wildman–Crippen LogP) is 5.56. The van der Waals surface area contributed by atoms with Crippen LogP contribution in [0, 0.1) is 5.82 Å². The van der Waals surface area contributed by atoms with E-state index in [9.17, 15) is 9.50 Å². The number of hydrogen-bond acceptors (Lipinski definition) is 1. The molecule has 1 atom stereocenters. The van der Waals surface area contributed by atoms with Crippen molar-refractivity contribution in [1.82, 2.24) is 0 Å². The van der Waals surface area contributed by atoms with Crippen LogP contribution in [0.2, 0.25) is 0 Å². The molecule has 0 aliphatic rings. The molecule has 1 aromatic rings. The standard InChI is InChI=1S/C18H29FO/c1-3-5-6-7-8-9-10-14-18(20,4-2)16-12-11-13-17(19)15-16/h11-13,15,20H,3-10,14H2,1-2H3. The summed E-state index contributed by atoms with van der Waals surface area (Å²) in [5.74, 6) is -0.269. The number of hydrogen-bond donors (Lipinski definition) is 1. The molecule has 1 N–H and O–H groups in total. The van der Waals surface area contributed by atoms with Gasteiger partial charge in [-0.25, -0.2) is 4.39 Å². The Hall–Kier alpha value is -0.890. The molecule has 1 aromatic carbocycles. The minimum Gasteiger partial charge on any atom is -0.385 e. The van der Waals surface area contributed by atoms with Crippen molar-refractivity contribution in [2.45, 2.75) is 77.2 Å². The van der Waals surface area contributed by atoms with Crippen LogP contribution in [0.15, 0.2) is 24.3 Å². The summed E-state index contributed by atoms with van der Waals surface area (Å²) in [7, 11) is 0. The number of unbranched alkanes of at least 4 members (excludes halogenated alkanes) is 6. The molecule has 0 aliphatic heterocycles. The first-order chi connectivity index (χ1) is 9.62. The van der Waals surface area contributed by atoms with Gasteiger partial charge in [0.2, 0.25) is 0 Å². The van der Waals surface area contributed by atoms with E-state index in [0.717, 1.165) is 19.3 Å². The van der Waals surface area contributed by atoms with Gasteiger partial charge in [-0.1, -0.05) is 70.9 Å². The molecule has 2 heteroatoms. The third-order valence-electron chi connectivity index (χ3n) is 4.14. The second-order valence-electron chi connectivity index (χ2n) is 5.77. The summed E-state index contributed by atoms with van der Waals surface area (Å²) in [5.41, 5.74) is -0.156. The lowest BCUT2D eigenvalue weighted by atomic mass is 9.86. The number of rotatable bonds is 10. The topological polar surface area (TPSA) is 20.2 Å². The first-order valence-electron chi connectivity index (χ1n) is 8.11. The van der Waals surface area contributed by atoms with Gasteiger partial charge in [0, 0.05) is 0 Å². The SMILES string of the molecule is CCCCCCCCCC(O)(CC)c1cccc(F)c1. The molecule has 0 fully saturated rings. The van der Waals surface area contributed by atoms with Crippen LogP contribution in [-0.2, 0) is 5.60 Å². The maximum Gasteiger partial charge on any atom is 0.123 e. The first kappa shape index (κ1) is 17.2. The molecule has 0 aliphatic carbocycles. The molecular formula is C18H29FO. The Morgan fingerprint density at radius 1 is 1.00 bits per heavy atom. The Bertz CT molecular complexity index is 377. The van der Waals surface area contributed by atoms with E-state index >= 15 is 0 Å². The highest BCUT2D eigenvalue weighted by Crippen LogP contribution is 2.31. The molecule has 0 heterocycles. The second kappa shape index (κ2) is 9.12. The van der Waals surface area contributed by atoms with Crippen LogP contribution in [0.25, 0.3) is 0 Å². The Morgan fingerprint density at radius 3 is 2.25 bits per heavy atom. The first-order valence-corrected chi connectivity index (χ1v) is 8.11. The van der Waals surface area contributed by atoms with Crippen LogP contribution in [0.1, 0.15) is 77.2 Å². The molecule has 0 saturated carbocycles. The summed E-state index contributed by atoms with van der Waals surface area (Å²) < 4.78 is 13.3. The van der Waals surface area contributed by atoms with Crippen LogP contribution in [-0.4, -0.2) is 5.11 Å². The Morgan fingerprint density at radius 2 is 1.65 bits per heavy atom. The van der Waals surface area contributed by atoms with Crippen LogP contribution in [0.5, 0.6) is 0 Å². The zero-order valence-corrected chi connectivity index (χ0v) is 13.0. The number of benzene rings is 1. The predicted molar refractivity (Wildman–Crippen MR) is 83.2 cm³/mol. The largest absolute Gasteiger partial charge is 0.385 e. The van der Waals surface area contributed by atoms with Crippen LogP contribution in [0.3, 0.4) is 0 Å². The van der Waals surface area contributed by atoms with Crippen molar-refractivity contribution in [2.75, 3.05) is 0 Å². The van der Waals surface area contributed by atoms with E-state index in [0.29, 0.717) is 12.0 Å². The van der Waals surface area contributed by atoms with E-state index in [-0.39, 0.29) is 5.82 Å². The van der Waals surface area contributed by atoms with Crippen LogP contribution < -0.4 is 0 Å². The van der Waals surface area contributed by atoms with Crippen molar-refractivity contribution in [1.29, 1.82) is 0 Å². The molecule has 0 aromatic heterocycles. The van der Waals surface area contributed by atoms with Crippen LogP contribution in [0.4, 0.5) is 4.39 Å². The van der Waals surface area contributed by atoms with Gasteiger partial charge < -0.3 is 5.11 Å². The Kier molecular flexibility index (Phi) is 7.83. The van der Waals surface area contributed by atoms with Crippen molar-refractivity contribution in [3.63, 3.8) is 0 Å². The average molecular weight is 280 g/mol. The van der Waals surface area contributed by atoms with E-state index in [1.54, 1.807) is 6.07 Å². The summed E-state index contributed by atoms with van der Waals surface area (Å²) in [6, 6.07) is 6.39. The van der Waals surface area contributed by atoms with Gasteiger partial charge in [-0.15, -0.1) is 0 Å². The van der Waals surface area contributed by atoms with Gasteiger partial charge in [0.05, 0.1) is 5.60 Å². The molecule has 20 heavy (non-hydrogen) atoms. The fourth-order valence-corrected chi connectivity index (χ4v) is 2.68. The number of halogens is 1. The van der Waals surface area contributed by atoms with Gasteiger partial charge in [0.1, 0.15) is 5.82 Å². The van der Waals surface area contributed by atoms with Crippen molar-refractivity contribution in [3.05, 3.63) is 35.6 Å². The van der Waals surface area contributed by atoms with E-state index in [1.807, 2.05) is 13.0 Å². The zero-order chi connectivity index (χ0) is 14.8. The van der Waals surface area contributed by atoms with Gasteiger partial charge in [0.15, 0.2) is 0 Å². The normalized spacial score (nSPS) is 14.2. The van der Waals surface area contributed by atoms with Gasteiger partial charge in [-0.05, 0) is 30.5 Å². The quantitative estimate of drug-likeness (QED) is 0.556. The summed E-state index contributed by atoms with van der Waals surface area (Å²) in [4.78, 5) is 0. The highest BCUT2D eigenvalue weighted by atomic mass is 19.1. The smallest absolute Gasteiger partial charge is 0.123 e. The van der Waals surface area contributed by atoms with Gasteiger partial charge in [-0.2, -0.15) is 0 Å². The Balaban J connectivity index is 2.38. The fraction of sp³-hybridized carbons (Fsp3) is 0.667. The van der Waals surface area contributed by atoms with Gasteiger partial charge in [-0.3, -0.25) is 0 Å². The molecule has 0 bridgehead atoms. The van der Waals surface area contributed by atoms with Crippen molar-refractivity contribution >= 4 is 0 Å². The molecule has 114 valence electrons. The van der Waals surface area contributed by atoms with Crippen LogP contribution >= 0.6 is 0 Å². The van der Waals surface area contributed by atoms with Gasteiger partial charge >= 0.3 is 0 Å². The summed E-state index contributed by atoms with van der Waals surface area (Å²) >= 11 is 0. The van der Waals surface area contributed by atoms with Crippen molar-refractivity contribution in [2.24, 2.45) is 0 Å². The van der Waals surface area contributed by atoms with E-state index < -0.39 is 5.60 Å². The highest BCUT2D eigenvalue weighted by molar-refractivity contribution is 5.23. The van der Waals surface area contributed by atoms with Crippen molar-refractivity contribution < 1.29 is 9.50 Å². The minimum absolute atomic E-state index is 0.269. The molecule has 1 nitrogen and oxygen atoms in total. The lowest BCUT2D eigenvalue weighted by molar-refractivity contribution is 0.0204. The third kappa shape index (κ3) is 5.62.